The molecule has 2 amide bonds. The van der Waals surface area contributed by atoms with Gasteiger partial charge in [0, 0.05) is 26.8 Å². The lowest BCUT2D eigenvalue weighted by molar-refractivity contribution is -0.141. The SMILES string of the molecule is CNC(=O)[C@H]1CCCCN1C(=O)Cc1cnn(C)c1. The second-order valence-corrected chi connectivity index (χ2v) is 4.91. The average molecular weight is 264 g/mol. The zero-order valence-electron chi connectivity index (χ0n) is 11.4. The van der Waals surface area contributed by atoms with Gasteiger partial charge in [-0.3, -0.25) is 14.3 Å². The van der Waals surface area contributed by atoms with Gasteiger partial charge in [0.2, 0.25) is 11.8 Å². The number of piperidine rings is 1. The van der Waals surface area contributed by atoms with Crippen molar-refractivity contribution in [2.45, 2.75) is 31.7 Å². The molecule has 0 radical (unpaired) electrons. The van der Waals surface area contributed by atoms with E-state index in [9.17, 15) is 9.59 Å². The molecule has 19 heavy (non-hydrogen) atoms. The average Bonchev–Trinajstić information content (AvgIpc) is 2.83. The van der Waals surface area contributed by atoms with E-state index in [0.29, 0.717) is 13.0 Å². The van der Waals surface area contributed by atoms with Crippen LogP contribution in [0.4, 0.5) is 0 Å². The monoisotopic (exact) mass is 264 g/mol. The highest BCUT2D eigenvalue weighted by atomic mass is 16.2. The molecule has 2 heterocycles. The molecule has 2 rings (SSSR count). The number of hydrogen-bond acceptors (Lipinski definition) is 3. The molecule has 6 heteroatoms. The van der Waals surface area contributed by atoms with E-state index in [0.717, 1.165) is 24.8 Å². The molecular weight excluding hydrogens is 244 g/mol. The number of nitrogens with zero attached hydrogens (tertiary/aromatic N) is 3. The predicted octanol–water partition coefficient (Wildman–Crippen LogP) is 0.0897. The molecule has 1 aromatic rings. The van der Waals surface area contributed by atoms with Crippen LogP contribution in [-0.4, -0.2) is 46.1 Å². The molecule has 0 bridgehead atoms. The summed E-state index contributed by atoms with van der Waals surface area (Å²) >= 11 is 0. The van der Waals surface area contributed by atoms with Crippen LogP contribution in [0.1, 0.15) is 24.8 Å². The third kappa shape index (κ3) is 3.13. The van der Waals surface area contributed by atoms with Gasteiger partial charge in [-0.1, -0.05) is 0 Å². The normalized spacial score (nSPS) is 19.3. The Morgan fingerprint density at radius 1 is 1.47 bits per heavy atom. The lowest BCUT2D eigenvalue weighted by Gasteiger charge is -2.34. The molecule has 0 spiro atoms. The Kier molecular flexibility index (Phi) is 4.19. The number of carbonyl (C=O) groups is 2. The van der Waals surface area contributed by atoms with E-state index < -0.39 is 0 Å². The van der Waals surface area contributed by atoms with E-state index in [4.69, 9.17) is 0 Å². The highest BCUT2D eigenvalue weighted by molar-refractivity contribution is 5.88. The van der Waals surface area contributed by atoms with Crippen molar-refractivity contribution in [1.82, 2.24) is 20.0 Å². The third-order valence-corrected chi connectivity index (χ3v) is 3.49. The lowest BCUT2D eigenvalue weighted by Crippen LogP contribution is -2.51. The van der Waals surface area contributed by atoms with Crippen molar-refractivity contribution in [2.75, 3.05) is 13.6 Å². The lowest BCUT2D eigenvalue weighted by atomic mass is 10.0. The minimum Gasteiger partial charge on any atom is -0.357 e. The molecule has 1 aromatic heterocycles. The number of likely N-dealkylation sites (N-methyl/N-ethyl adjacent to an activating group) is 1. The first-order chi connectivity index (χ1) is 9.11. The van der Waals surface area contributed by atoms with E-state index >= 15 is 0 Å². The summed E-state index contributed by atoms with van der Waals surface area (Å²) in [5.41, 5.74) is 0.883. The molecule has 1 aliphatic heterocycles. The van der Waals surface area contributed by atoms with Gasteiger partial charge in [0.15, 0.2) is 0 Å². The maximum Gasteiger partial charge on any atom is 0.242 e. The zero-order chi connectivity index (χ0) is 13.8. The topological polar surface area (TPSA) is 67.2 Å². The number of aryl methyl sites for hydroxylation is 1. The highest BCUT2D eigenvalue weighted by Gasteiger charge is 2.31. The van der Waals surface area contributed by atoms with Crippen LogP contribution >= 0.6 is 0 Å². The number of likely N-dealkylation sites (tertiary alicyclic amines) is 1. The quantitative estimate of drug-likeness (QED) is 0.841. The summed E-state index contributed by atoms with van der Waals surface area (Å²) in [5.74, 6) is -0.0689. The first-order valence-corrected chi connectivity index (χ1v) is 6.60. The Hall–Kier alpha value is -1.85. The van der Waals surface area contributed by atoms with Crippen LogP contribution in [0.5, 0.6) is 0 Å². The highest BCUT2D eigenvalue weighted by Crippen LogP contribution is 2.18. The number of hydrogen-bond donors (Lipinski definition) is 1. The van der Waals surface area contributed by atoms with Crippen LogP contribution in [0, 0.1) is 0 Å². The molecule has 0 unspecified atom stereocenters. The van der Waals surface area contributed by atoms with Crippen LogP contribution < -0.4 is 5.32 Å². The molecular formula is C13H20N4O2. The maximum atomic E-state index is 12.3. The second-order valence-electron chi connectivity index (χ2n) is 4.91. The Bertz CT molecular complexity index is 469. The van der Waals surface area contributed by atoms with E-state index in [2.05, 4.69) is 10.4 Å². The second kappa shape index (κ2) is 5.86. The summed E-state index contributed by atoms with van der Waals surface area (Å²) < 4.78 is 1.68. The van der Waals surface area contributed by atoms with E-state index in [1.807, 2.05) is 13.2 Å². The summed E-state index contributed by atoms with van der Waals surface area (Å²) in [5, 5.41) is 6.69. The maximum absolute atomic E-state index is 12.3. The summed E-state index contributed by atoms with van der Waals surface area (Å²) in [6.45, 7) is 0.664. The van der Waals surface area contributed by atoms with E-state index in [-0.39, 0.29) is 17.9 Å². The fourth-order valence-corrected chi connectivity index (χ4v) is 2.51. The fourth-order valence-electron chi connectivity index (χ4n) is 2.51. The molecule has 1 N–H and O–H groups in total. The van der Waals surface area contributed by atoms with Gasteiger partial charge in [-0.25, -0.2) is 0 Å². The van der Waals surface area contributed by atoms with Crippen LogP contribution in [0.15, 0.2) is 12.4 Å². The number of carbonyl (C=O) groups excluding carboxylic acids is 2. The van der Waals surface area contributed by atoms with Crippen molar-refractivity contribution in [3.05, 3.63) is 18.0 Å². The smallest absolute Gasteiger partial charge is 0.242 e. The van der Waals surface area contributed by atoms with Crippen molar-refractivity contribution in [3.8, 4) is 0 Å². The van der Waals surface area contributed by atoms with E-state index in [1.54, 1.807) is 22.8 Å². The van der Waals surface area contributed by atoms with Crippen molar-refractivity contribution in [1.29, 1.82) is 0 Å². The van der Waals surface area contributed by atoms with Gasteiger partial charge in [-0.05, 0) is 24.8 Å². The van der Waals surface area contributed by atoms with Crippen LogP contribution in [0.25, 0.3) is 0 Å². The standard InChI is InChI=1S/C13H20N4O2/c1-14-13(19)11-5-3-4-6-17(11)12(18)7-10-8-15-16(2)9-10/h8-9,11H,3-7H2,1-2H3,(H,14,19)/t11-/m1/s1. The Labute approximate surface area is 112 Å². The molecule has 6 nitrogen and oxygen atoms in total. The van der Waals surface area contributed by atoms with Crippen LogP contribution in [0.3, 0.4) is 0 Å². The predicted molar refractivity (Wildman–Crippen MR) is 70.3 cm³/mol. The first-order valence-electron chi connectivity index (χ1n) is 6.60. The van der Waals surface area contributed by atoms with Crippen molar-refractivity contribution in [2.24, 2.45) is 7.05 Å². The summed E-state index contributed by atoms with van der Waals surface area (Å²) in [7, 11) is 3.43. The molecule has 0 aliphatic carbocycles. The summed E-state index contributed by atoms with van der Waals surface area (Å²) in [6, 6.07) is -0.317. The van der Waals surface area contributed by atoms with E-state index in [1.165, 1.54) is 0 Å². The van der Waals surface area contributed by atoms with Gasteiger partial charge < -0.3 is 10.2 Å². The molecule has 0 aromatic carbocycles. The number of rotatable bonds is 3. The van der Waals surface area contributed by atoms with Crippen molar-refractivity contribution < 1.29 is 9.59 Å². The molecule has 1 saturated heterocycles. The van der Waals surface area contributed by atoms with Gasteiger partial charge in [0.1, 0.15) is 6.04 Å². The van der Waals surface area contributed by atoms with Gasteiger partial charge in [-0.15, -0.1) is 0 Å². The van der Waals surface area contributed by atoms with Crippen molar-refractivity contribution in [3.63, 3.8) is 0 Å². The molecule has 0 saturated carbocycles. The van der Waals surface area contributed by atoms with Gasteiger partial charge in [-0.2, -0.15) is 5.10 Å². The van der Waals surface area contributed by atoms with Crippen molar-refractivity contribution >= 4 is 11.8 Å². The largest absolute Gasteiger partial charge is 0.357 e. The first kappa shape index (κ1) is 13.6. The van der Waals surface area contributed by atoms with Gasteiger partial charge in [0.05, 0.1) is 12.6 Å². The Morgan fingerprint density at radius 2 is 2.26 bits per heavy atom. The number of aromatic nitrogens is 2. The molecule has 104 valence electrons. The fraction of sp³-hybridized carbons (Fsp3) is 0.615. The van der Waals surface area contributed by atoms with Gasteiger partial charge >= 0.3 is 0 Å². The third-order valence-electron chi connectivity index (χ3n) is 3.49. The summed E-state index contributed by atoms with van der Waals surface area (Å²) in [4.78, 5) is 25.8. The van der Waals surface area contributed by atoms with Gasteiger partial charge in [0.25, 0.3) is 0 Å². The zero-order valence-corrected chi connectivity index (χ0v) is 11.4. The number of nitrogens with one attached hydrogen (secondary N) is 1. The Balaban J connectivity index is 2.05. The molecule has 1 aliphatic rings. The van der Waals surface area contributed by atoms with Crippen LogP contribution in [-0.2, 0) is 23.1 Å². The Morgan fingerprint density at radius 3 is 2.89 bits per heavy atom. The van der Waals surface area contributed by atoms with Crippen LogP contribution in [0.2, 0.25) is 0 Å². The molecule has 1 atom stereocenters. The minimum absolute atomic E-state index is 0.00120. The minimum atomic E-state index is -0.317. The number of amides is 2. The summed E-state index contributed by atoms with van der Waals surface area (Å²) in [6.07, 6.45) is 6.54. The molecule has 1 fully saturated rings.